The van der Waals surface area contributed by atoms with Gasteiger partial charge in [-0.3, -0.25) is 4.57 Å². The van der Waals surface area contributed by atoms with Gasteiger partial charge in [-0.05, 0) is 83.4 Å². The molecule has 222 valence electrons. The average molecular weight is 581 g/mol. The first kappa shape index (κ1) is 27.4. The van der Waals surface area contributed by atoms with Gasteiger partial charge >= 0.3 is 6.09 Å². The van der Waals surface area contributed by atoms with Crippen LogP contribution in [0.5, 0.6) is 0 Å². The van der Waals surface area contributed by atoms with Crippen LogP contribution in [0.1, 0.15) is 63.1 Å². The van der Waals surface area contributed by atoms with Crippen LogP contribution in [0.3, 0.4) is 0 Å². The standard InChI is InChI=1S/C32H36N8O3/c1-21-14-22(16-33)36-40(21)29-24(27-6-5-13-42-27)8-10-28(35-29)39-20-34-25-15-23(7-9-26(25)39)37-12-11-32(17-37)18-38(19-32)30(41)43-31(2,3)4/h7-10,14-15,20,27H,5-6,11-13,17-19H2,1-4H3. The van der Waals surface area contributed by atoms with Crippen molar-refractivity contribution in [3.8, 4) is 17.7 Å². The number of carbonyl (C=O) groups excluding carboxylic acids is 1. The van der Waals surface area contributed by atoms with E-state index in [4.69, 9.17) is 19.4 Å². The van der Waals surface area contributed by atoms with E-state index in [1.54, 1.807) is 17.1 Å². The largest absolute Gasteiger partial charge is 0.444 e. The number of benzene rings is 1. The van der Waals surface area contributed by atoms with Crippen molar-refractivity contribution in [1.82, 2.24) is 29.2 Å². The molecule has 6 heterocycles. The Balaban J connectivity index is 1.13. The quantitative estimate of drug-likeness (QED) is 0.328. The van der Waals surface area contributed by atoms with Crippen molar-refractivity contribution in [3.63, 3.8) is 0 Å². The van der Waals surface area contributed by atoms with Crippen LogP contribution in [0.15, 0.2) is 42.7 Å². The van der Waals surface area contributed by atoms with E-state index in [0.29, 0.717) is 11.5 Å². The van der Waals surface area contributed by atoms with Gasteiger partial charge in [-0.15, -0.1) is 0 Å². The first-order chi connectivity index (χ1) is 20.6. The Morgan fingerprint density at radius 3 is 2.72 bits per heavy atom. The van der Waals surface area contributed by atoms with E-state index in [-0.39, 0.29) is 17.6 Å². The van der Waals surface area contributed by atoms with Gasteiger partial charge in [0.15, 0.2) is 11.5 Å². The second-order valence-corrected chi connectivity index (χ2v) is 13.1. The summed E-state index contributed by atoms with van der Waals surface area (Å²) in [6.07, 6.45) is 4.50. The number of nitrogens with zero attached hydrogens (tertiary/aromatic N) is 8. The maximum Gasteiger partial charge on any atom is 0.410 e. The zero-order valence-electron chi connectivity index (χ0n) is 25.1. The lowest BCUT2D eigenvalue weighted by Crippen LogP contribution is -2.60. The molecule has 0 N–H and O–H groups in total. The summed E-state index contributed by atoms with van der Waals surface area (Å²) < 4.78 is 15.3. The van der Waals surface area contributed by atoms with E-state index in [1.165, 1.54) is 0 Å². The van der Waals surface area contributed by atoms with Crippen molar-refractivity contribution < 1.29 is 14.3 Å². The van der Waals surface area contributed by atoms with Gasteiger partial charge in [0.25, 0.3) is 0 Å². The Labute approximate surface area is 250 Å². The first-order valence-corrected chi connectivity index (χ1v) is 14.9. The summed E-state index contributed by atoms with van der Waals surface area (Å²) in [7, 11) is 0. The number of aryl methyl sites for hydroxylation is 1. The maximum absolute atomic E-state index is 12.5. The molecule has 1 unspecified atom stereocenters. The number of carbonyl (C=O) groups is 1. The van der Waals surface area contributed by atoms with E-state index >= 15 is 0 Å². The number of amides is 1. The normalized spacial score (nSPS) is 19.7. The Morgan fingerprint density at radius 1 is 1.16 bits per heavy atom. The highest BCUT2D eigenvalue weighted by Gasteiger charge is 2.50. The smallest absolute Gasteiger partial charge is 0.410 e. The van der Waals surface area contributed by atoms with Crippen molar-refractivity contribution >= 4 is 22.8 Å². The second-order valence-electron chi connectivity index (χ2n) is 13.1. The minimum absolute atomic E-state index is 0.0524. The Morgan fingerprint density at radius 2 is 2.00 bits per heavy atom. The van der Waals surface area contributed by atoms with Crippen molar-refractivity contribution in [2.24, 2.45) is 5.41 Å². The number of pyridine rings is 1. The van der Waals surface area contributed by atoms with Gasteiger partial charge in [0.1, 0.15) is 23.8 Å². The lowest BCUT2D eigenvalue weighted by Gasteiger charge is -2.47. The maximum atomic E-state index is 12.5. The molecule has 11 heteroatoms. The molecule has 1 spiro atoms. The summed E-state index contributed by atoms with van der Waals surface area (Å²) in [5, 5.41) is 13.9. The molecule has 0 bridgehead atoms. The summed E-state index contributed by atoms with van der Waals surface area (Å²) in [6.45, 7) is 11.7. The van der Waals surface area contributed by atoms with Gasteiger partial charge in [0.2, 0.25) is 0 Å². The average Bonchev–Trinajstić information content (AvgIpc) is 3.76. The topological polar surface area (TPSA) is 114 Å². The van der Waals surface area contributed by atoms with Crippen LogP contribution >= 0.6 is 0 Å². The first-order valence-electron chi connectivity index (χ1n) is 14.9. The molecule has 3 aliphatic heterocycles. The number of rotatable bonds is 4. The van der Waals surface area contributed by atoms with Crippen molar-refractivity contribution in [1.29, 1.82) is 5.26 Å². The SMILES string of the molecule is Cc1cc(C#N)nn1-c1nc(-n2cnc3cc(N4CCC5(CN(C(=O)OC(C)(C)C)C5)C4)ccc32)ccc1C1CCCO1. The third-order valence-corrected chi connectivity index (χ3v) is 8.66. The summed E-state index contributed by atoms with van der Waals surface area (Å²) in [6, 6.07) is 14.3. The predicted molar refractivity (Wildman–Crippen MR) is 160 cm³/mol. The third kappa shape index (κ3) is 4.99. The molecule has 3 aliphatic rings. The molecule has 11 nitrogen and oxygen atoms in total. The monoisotopic (exact) mass is 580 g/mol. The van der Waals surface area contributed by atoms with Crippen LogP contribution in [0.4, 0.5) is 10.5 Å². The van der Waals surface area contributed by atoms with Gasteiger partial charge in [-0.2, -0.15) is 10.4 Å². The molecular formula is C32H36N8O3. The van der Waals surface area contributed by atoms with E-state index in [2.05, 4.69) is 40.3 Å². The predicted octanol–water partition coefficient (Wildman–Crippen LogP) is 5.09. The number of hydrogen-bond acceptors (Lipinski definition) is 8. The van der Waals surface area contributed by atoms with Gasteiger partial charge in [0.05, 0.1) is 17.1 Å². The summed E-state index contributed by atoms with van der Waals surface area (Å²) >= 11 is 0. The van der Waals surface area contributed by atoms with E-state index in [1.807, 2.05) is 43.2 Å². The molecule has 43 heavy (non-hydrogen) atoms. The Bertz CT molecular complexity index is 1750. The number of likely N-dealkylation sites (tertiary alicyclic amines) is 1. The molecule has 1 aromatic carbocycles. The number of aromatic nitrogens is 5. The molecule has 0 aliphatic carbocycles. The molecule has 0 radical (unpaired) electrons. The van der Waals surface area contributed by atoms with Gasteiger partial charge in [0, 0.05) is 55.1 Å². The molecule has 3 aromatic heterocycles. The van der Waals surface area contributed by atoms with Crippen LogP contribution in [-0.4, -0.2) is 73.7 Å². The number of nitriles is 1. The van der Waals surface area contributed by atoms with E-state index in [9.17, 15) is 10.1 Å². The summed E-state index contributed by atoms with van der Waals surface area (Å²) in [4.78, 5) is 26.5. The van der Waals surface area contributed by atoms with E-state index in [0.717, 1.165) is 85.8 Å². The molecule has 0 saturated carbocycles. The van der Waals surface area contributed by atoms with Crippen LogP contribution in [-0.2, 0) is 9.47 Å². The van der Waals surface area contributed by atoms with Gasteiger partial charge in [-0.25, -0.2) is 19.4 Å². The lowest BCUT2D eigenvalue weighted by molar-refractivity contribution is -0.0266. The highest BCUT2D eigenvalue weighted by atomic mass is 16.6. The van der Waals surface area contributed by atoms with Gasteiger partial charge < -0.3 is 19.3 Å². The van der Waals surface area contributed by atoms with Crippen LogP contribution in [0.25, 0.3) is 22.7 Å². The molecule has 1 amide bonds. The Kier molecular flexibility index (Phi) is 6.43. The number of fused-ring (bicyclic) bond motifs is 1. The number of imidazole rings is 1. The third-order valence-electron chi connectivity index (χ3n) is 8.66. The molecule has 1 atom stereocenters. The lowest BCUT2D eigenvalue weighted by atomic mass is 9.79. The summed E-state index contributed by atoms with van der Waals surface area (Å²) in [5.74, 6) is 1.39. The number of ether oxygens (including phenoxy) is 2. The van der Waals surface area contributed by atoms with Crippen LogP contribution < -0.4 is 4.90 Å². The van der Waals surface area contributed by atoms with Crippen LogP contribution in [0, 0.1) is 23.7 Å². The number of anilines is 1. The fraction of sp³-hybridized carbons (Fsp3) is 0.469. The molecule has 4 aromatic rings. The molecule has 3 fully saturated rings. The Hall–Kier alpha value is -4.43. The zero-order chi connectivity index (χ0) is 29.9. The van der Waals surface area contributed by atoms with Crippen molar-refractivity contribution in [2.45, 2.75) is 58.7 Å². The fourth-order valence-electron chi connectivity index (χ4n) is 6.58. The highest BCUT2D eigenvalue weighted by molar-refractivity contribution is 5.81. The molecule has 7 rings (SSSR count). The molecular weight excluding hydrogens is 544 g/mol. The minimum Gasteiger partial charge on any atom is -0.444 e. The zero-order valence-corrected chi connectivity index (χ0v) is 25.1. The second kappa shape index (κ2) is 10.1. The van der Waals surface area contributed by atoms with Gasteiger partial charge in [-0.1, -0.05) is 0 Å². The van der Waals surface area contributed by atoms with Crippen molar-refractivity contribution in [2.75, 3.05) is 37.7 Å². The summed E-state index contributed by atoms with van der Waals surface area (Å²) in [5.41, 5.74) is 4.76. The minimum atomic E-state index is -0.483. The van der Waals surface area contributed by atoms with Crippen LogP contribution in [0.2, 0.25) is 0 Å². The highest BCUT2D eigenvalue weighted by Crippen LogP contribution is 2.42. The van der Waals surface area contributed by atoms with Crippen molar-refractivity contribution in [3.05, 3.63) is 59.7 Å². The fourth-order valence-corrected chi connectivity index (χ4v) is 6.58. The van der Waals surface area contributed by atoms with E-state index < -0.39 is 5.60 Å². The molecule has 3 saturated heterocycles. The number of hydrogen-bond donors (Lipinski definition) is 0.